The Labute approximate surface area is 180 Å². The van der Waals surface area contributed by atoms with E-state index in [1.807, 2.05) is 13.8 Å². The fraction of sp³-hybridized carbons (Fsp3) is 0.364. The van der Waals surface area contributed by atoms with Crippen molar-refractivity contribution in [3.05, 3.63) is 70.8 Å². The quantitative estimate of drug-likeness (QED) is 0.601. The molecule has 0 aliphatic heterocycles. The normalized spacial score (nSPS) is 10.8. The summed E-state index contributed by atoms with van der Waals surface area (Å²) in [5, 5.41) is 2.76. The molecule has 2 amide bonds. The van der Waals surface area contributed by atoms with Crippen molar-refractivity contribution >= 4 is 24.2 Å². The molecule has 0 saturated heterocycles. The lowest BCUT2D eigenvalue weighted by Gasteiger charge is -2.23. The molecule has 0 atom stereocenters. The maximum Gasteiger partial charge on any atom is 0.416 e. The maximum absolute atomic E-state index is 13.0. The molecule has 1 N–H and O–H groups in total. The third-order valence-corrected chi connectivity index (χ3v) is 4.32. The van der Waals surface area contributed by atoms with Crippen molar-refractivity contribution < 1.29 is 22.8 Å². The SMILES string of the molecule is CCCNC(=O)c1cccc(C(=O)N(CCC)Cc2cccc(C(F)(F)F)c2)c1.Cl. The van der Waals surface area contributed by atoms with Gasteiger partial charge in [0.1, 0.15) is 0 Å². The van der Waals surface area contributed by atoms with Crippen molar-refractivity contribution in [3.8, 4) is 0 Å². The Bertz CT molecular complexity index is 856. The first-order chi connectivity index (χ1) is 13.8. The van der Waals surface area contributed by atoms with Gasteiger partial charge >= 0.3 is 6.18 Å². The molecule has 0 aliphatic carbocycles. The predicted octanol–water partition coefficient (Wildman–Crippen LogP) is 5.32. The van der Waals surface area contributed by atoms with Crippen LogP contribution >= 0.6 is 12.4 Å². The molecule has 164 valence electrons. The van der Waals surface area contributed by atoms with Crippen LogP contribution < -0.4 is 5.32 Å². The monoisotopic (exact) mass is 442 g/mol. The topological polar surface area (TPSA) is 49.4 Å². The van der Waals surface area contributed by atoms with E-state index in [1.54, 1.807) is 24.3 Å². The number of alkyl halides is 3. The molecule has 2 aromatic rings. The van der Waals surface area contributed by atoms with Gasteiger partial charge in [0.2, 0.25) is 0 Å². The Morgan fingerprint density at radius 1 is 0.967 bits per heavy atom. The molecule has 0 bridgehead atoms. The van der Waals surface area contributed by atoms with Gasteiger partial charge in [0.05, 0.1) is 5.56 Å². The van der Waals surface area contributed by atoms with Gasteiger partial charge in [-0.2, -0.15) is 13.2 Å². The predicted molar refractivity (Wildman–Crippen MR) is 113 cm³/mol. The lowest BCUT2D eigenvalue weighted by molar-refractivity contribution is -0.137. The molecule has 0 unspecified atom stereocenters. The van der Waals surface area contributed by atoms with Gasteiger partial charge in [-0.3, -0.25) is 9.59 Å². The van der Waals surface area contributed by atoms with Gasteiger partial charge < -0.3 is 10.2 Å². The van der Waals surface area contributed by atoms with Crippen molar-refractivity contribution in [2.24, 2.45) is 0 Å². The molecule has 30 heavy (non-hydrogen) atoms. The van der Waals surface area contributed by atoms with Gasteiger partial charge in [0.15, 0.2) is 0 Å². The van der Waals surface area contributed by atoms with Crippen LogP contribution in [0, 0.1) is 0 Å². The number of benzene rings is 2. The minimum absolute atomic E-state index is 0. The zero-order valence-electron chi connectivity index (χ0n) is 17.0. The van der Waals surface area contributed by atoms with Crippen LogP contribution in [0.1, 0.15) is 58.5 Å². The first-order valence-corrected chi connectivity index (χ1v) is 9.60. The minimum Gasteiger partial charge on any atom is -0.352 e. The summed E-state index contributed by atoms with van der Waals surface area (Å²) < 4.78 is 38.9. The lowest BCUT2D eigenvalue weighted by atomic mass is 10.1. The molecule has 2 rings (SSSR count). The Morgan fingerprint density at radius 2 is 1.63 bits per heavy atom. The number of carbonyl (C=O) groups excluding carboxylic acids is 2. The van der Waals surface area contributed by atoms with Gasteiger partial charge in [0.25, 0.3) is 11.8 Å². The average molecular weight is 443 g/mol. The number of hydrogen-bond donors (Lipinski definition) is 1. The molecule has 0 saturated carbocycles. The molecule has 0 fully saturated rings. The van der Waals surface area contributed by atoms with E-state index in [1.165, 1.54) is 17.0 Å². The molecule has 2 aromatic carbocycles. The molecule has 4 nitrogen and oxygen atoms in total. The molecule has 0 aliphatic rings. The van der Waals surface area contributed by atoms with E-state index in [9.17, 15) is 22.8 Å². The van der Waals surface area contributed by atoms with E-state index in [2.05, 4.69) is 5.32 Å². The van der Waals surface area contributed by atoms with Gasteiger partial charge in [-0.25, -0.2) is 0 Å². The third-order valence-electron chi connectivity index (χ3n) is 4.32. The van der Waals surface area contributed by atoms with E-state index in [-0.39, 0.29) is 30.8 Å². The van der Waals surface area contributed by atoms with Crippen LogP contribution in [0.2, 0.25) is 0 Å². The van der Waals surface area contributed by atoms with Crippen LogP contribution in [-0.2, 0) is 12.7 Å². The molecule has 0 radical (unpaired) electrons. The van der Waals surface area contributed by atoms with Crippen LogP contribution in [0.5, 0.6) is 0 Å². The van der Waals surface area contributed by atoms with Gasteiger partial charge in [-0.15, -0.1) is 12.4 Å². The summed E-state index contributed by atoms with van der Waals surface area (Å²) in [6.07, 6.45) is -2.98. The summed E-state index contributed by atoms with van der Waals surface area (Å²) in [7, 11) is 0. The molecule has 8 heteroatoms. The second-order valence-corrected chi connectivity index (χ2v) is 6.76. The van der Waals surface area contributed by atoms with Crippen LogP contribution in [0.25, 0.3) is 0 Å². The maximum atomic E-state index is 13.0. The minimum atomic E-state index is -4.43. The second-order valence-electron chi connectivity index (χ2n) is 6.76. The number of nitrogens with one attached hydrogen (secondary N) is 1. The summed E-state index contributed by atoms with van der Waals surface area (Å²) in [6.45, 7) is 4.82. The number of carbonyl (C=O) groups is 2. The Balaban J connectivity index is 0.00000450. The van der Waals surface area contributed by atoms with E-state index in [0.29, 0.717) is 36.2 Å². The summed E-state index contributed by atoms with van der Waals surface area (Å²) >= 11 is 0. The molecular weight excluding hydrogens is 417 g/mol. The molecular formula is C22H26ClF3N2O2. The summed E-state index contributed by atoms with van der Waals surface area (Å²) in [4.78, 5) is 26.6. The number of nitrogens with zero attached hydrogens (tertiary/aromatic N) is 1. The fourth-order valence-electron chi connectivity index (χ4n) is 2.91. The molecule has 0 spiro atoms. The highest BCUT2D eigenvalue weighted by molar-refractivity contribution is 5.99. The summed E-state index contributed by atoms with van der Waals surface area (Å²) in [6, 6.07) is 11.3. The highest BCUT2D eigenvalue weighted by Gasteiger charge is 2.30. The first-order valence-electron chi connectivity index (χ1n) is 9.60. The van der Waals surface area contributed by atoms with Gasteiger partial charge in [0, 0.05) is 30.8 Å². The average Bonchev–Trinajstić information content (AvgIpc) is 2.71. The zero-order chi connectivity index (χ0) is 21.4. The number of hydrogen-bond acceptors (Lipinski definition) is 2. The Hall–Kier alpha value is -2.54. The highest BCUT2D eigenvalue weighted by atomic mass is 35.5. The van der Waals surface area contributed by atoms with Crippen molar-refractivity contribution in [2.45, 2.75) is 39.4 Å². The van der Waals surface area contributed by atoms with Crippen molar-refractivity contribution in [1.82, 2.24) is 10.2 Å². The van der Waals surface area contributed by atoms with E-state index in [4.69, 9.17) is 0 Å². The Kier molecular flexibility index (Phi) is 9.85. The van der Waals surface area contributed by atoms with Crippen molar-refractivity contribution in [1.29, 1.82) is 0 Å². The van der Waals surface area contributed by atoms with Crippen LogP contribution in [-0.4, -0.2) is 29.8 Å². The zero-order valence-corrected chi connectivity index (χ0v) is 17.8. The van der Waals surface area contributed by atoms with Crippen LogP contribution in [0.4, 0.5) is 13.2 Å². The highest BCUT2D eigenvalue weighted by Crippen LogP contribution is 2.29. The molecule has 0 aromatic heterocycles. The van der Waals surface area contributed by atoms with Gasteiger partial charge in [-0.05, 0) is 48.7 Å². The second kappa shape index (κ2) is 11.6. The van der Waals surface area contributed by atoms with Crippen molar-refractivity contribution in [3.63, 3.8) is 0 Å². The van der Waals surface area contributed by atoms with Crippen molar-refractivity contribution in [2.75, 3.05) is 13.1 Å². The van der Waals surface area contributed by atoms with Gasteiger partial charge in [-0.1, -0.05) is 32.0 Å². The summed E-state index contributed by atoms with van der Waals surface area (Å²) in [5.41, 5.74) is 0.362. The first kappa shape index (κ1) is 25.5. The van der Waals surface area contributed by atoms with E-state index in [0.717, 1.165) is 18.6 Å². The third kappa shape index (κ3) is 7.06. The standard InChI is InChI=1S/C22H25F3N2O2.ClH/c1-3-11-26-20(28)17-8-6-9-18(14-17)21(29)27(12-4-2)15-16-7-5-10-19(13-16)22(23,24)25;/h5-10,13-14H,3-4,11-12,15H2,1-2H3,(H,26,28);1H. The van der Waals surface area contributed by atoms with E-state index < -0.39 is 11.7 Å². The number of halogens is 4. The summed E-state index contributed by atoms with van der Waals surface area (Å²) in [5.74, 6) is -0.587. The Morgan fingerprint density at radius 3 is 2.27 bits per heavy atom. The number of rotatable bonds is 8. The number of amides is 2. The van der Waals surface area contributed by atoms with Crippen LogP contribution in [0.3, 0.4) is 0 Å². The fourth-order valence-corrected chi connectivity index (χ4v) is 2.91. The van der Waals surface area contributed by atoms with Crippen LogP contribution in [0.15, 0.2) is 48.5 Å². The largest absolute Gasteiger partial charge is 0.416 e. The smallest absolute Gasteiger partial charge is 0.352 e. The van der Waals surface area contributed by atoms with E-state index >= 15 is 0 Å². The lowest BCUT2D eigenvalue weighted by Crippen LogP contribution is -2.32. The molecule has 0 heterocycles.